The minimum Gasteiger partial charge on any atom is -0.477 e. The lowest BCUT2D eigenvalue weighted by Gasteiger charge is -1.87. The molecule has 1 heterocycles. The lowest BCUT2D eigenvalue weighted by Crippen LogP contribution is -1.96. The molecule has 5 heteroatoms. The molecule has 0 atom stereocenters. The molecule has 13 heavy (non-hydrogen) atoms. The summed E-state index contributed by atoms with van der Waals surface area (Å²) in [6, 6.07) is 4.72. The number of carbonyl (C=O) groups is 1. The molecule has 0 amide bonds. The molecule has 0 spiro atoms. The molecule has 0 aliphatic heterocycles. The van der Waals surface area contributed by atoms with Crippen molar-refractivity contribution in [2.24, 2.45) is 0 Å². The van der Waals surface area contributed by atoms with Crippen LogP contribution < -0.4 is 0 Å². The summed E-state index contributed by atoms with van der Waals surface area (Å²) < 4.78 is 5.48. The second-order valence-corrected chi connectivity index (χ2v) is 2.90. The molecule has 1 N–H and O–H groups in total. The molecule has 1 aromatic heterocycles. The van der Waals surface area contributed by atoms with Crippen molar-refractivity contribution in [3.05, 3.63) is 28.1 Å². The zero-order chi connectivity index (χ0) is 9.84. The average Bonchev–Trinajstić information content (AvgIpc) is 2.46. The molecular weight excluding hydrogens is 238 g/mol. The Balaban J connectivity index is 3.00. The predicted molar refractivity (Wildman–Crippen MR) is 47.6 cm³/mol. The smallest absolute Gasteiger partial charge is 0.346 e. The summed E-state index contributed by atoms with van der Waals surface area (Å²) in [4.78, 5) is 10.4. The van der Waals surface area contributed by atoms with Gasteiger partial charge in [0.25, 0.3) is 0 Å². The first-order valence-electron chi connectivity index (χ1n) is 3.24. The van der Waals surface area contributed by atoms with Crippen molar-refractivity contribution in [2.45, 2.75) is 0 Å². The van der Waals surface area contributed by atoms with Gasteiger partial charge in [-0.15, -0.1) is 0 Å². The molecule has 4 nitrogen and oxygen atoms in total. The van der Waals surface area contributed by atoms with E-state index in [9.17, 15) is 4.79 Å². The summed E-state index contributed by atoms with van der Waals surface area (Å²) in [5.74, 6) is -0.944. The van der Waals surface area contributed by atoms with E-state index in [4.69, 9.17) is 14.8 Å². The third-order valence-electron chi connectivity index (χ3n) is 1.23. The van der Waals surface area contributed by atoms with Gasteiger partial charge in [-0.2, -0.15) is 5.26 Å². The first-order chi connectivity index (χ1) is 6.13. The third-order valence-corrected chi connectivity index (χ3v) is 1.66. The highest BCUT2D eigenvalue weighted by molar-refractivity contribution is 9.10. The maximum Gasteiger partial charge on any atom is 0.346 e. The molecule has 0 aliphatic carbocycles. The van der Waals surface area contributed by atoms with Gasteiger partial charge in [-0.05, 0) is 28.1 Å². The van der Waals surface area contributed by atoms with E-state index in [1.54, 1.807) is 18.2 Å². The van der Waals surface area contributed by atoms with Gasteiger partial charge in [-0.3, -0.25) is 0 Å². The normalized spacial score (nSPS) is 10.9. The Bertz CT molecular complexity index is 400. The second-order valence-electron chi connectivity index (χ2n) is 2.12. The summed E-state index contributed by atoms with van der Waals surface area (Å²) in [7, 11) is 0. The summed E-state index contributed by atoms with van der Waals surface area (Å²) in [5, 5.41) is 16.9. The predicted octanol–water partition coefficient (Wildman–Crippen LogP) is 2.03. The van der Waals surface area contributed by atoms with Crippen LogP contribution >= 0.6 is 15.9 Å². The molecule has 0 saturated carbocycles. The number of hydrogen-bond donors (Lipinski definition) is 1. The Hall–Kier alpha value is -1.54. The number of nitriles is 1. The van der Waals surface area contributed by atoms with Crippen molar-refractivity contribution in [1.82, 2.24) is 0 Å². The van der Waals surface area contributed by atoms with Crippen molar-refractivity contribution in [1.29, 1.82) is 5.26 Å². The first-order valence-corrected chi connectivity index (χ1v) is 4.03. The third kappa shape index (κ3) is 2.46. The largest absolute Gasteiger partial charge is 0.477 e. The molecule has 0 unspecified atom stereocenters. The van der Waals surface area contributed by atoms with Crippen LogP contribution in [-0.4, -0.2) is 11.1 Å². The van der Waals surface area contributed by atoms with Crippen molar-refractivity contribution >= 4 is 28.0 Å². The quantitative estimate of drug-likeness (QED) is 0.635. The lowest BCUT2D eigenvalue weighted by atomic mass is 10.2. The van der Waals surface area contributed by atoms with Crippen molar-refractivity contribution in [3.8, 4) is 6.07 Å². The van der Waals surface area contributed by atoms with Crippen LogP contribution in [0.2, 0.25) is 0 Å². The zero-order valence-electron chi connectivity index (χ0n) is 6.32. The van der Waals surface area contributed by atoms with Crippen LogP contribution in [0.1, 0.15) is 5.76 Å². The lowest BCUT2D eigenvalue weighted by molar-refractivity contribution is -0.132. The van der Waals surface area contributed by atoms with Crippen LogP contribution in [0.4, 0.5) is 0 Å². The Kier molecular flexibility index (Phi) is 2.88. The van der Waals surface area contributed by atoms with Crippen LogP contribution in [0.3, 0.4) is 0 Å². The van der Waals surface area contributed by atoms with Gasteiger partial charge in [0, 0.05) is 6.08 Å². The number of carboxylic acids is 1. The average molecular weight is 242 g/mol. The molecule has 0 aliphatic rings. The molecule has 0 saturated heterocycles. The molecule has 0 radical (unpaired) electrons. The van der Waals surface area contributed by atoms with Gasteiger partial charge in [0.1, 0.15) is 17.4 Å². The van der Waals surface area contributed by atoms with E-state index >= 15 is 0 Å². The Labute approximate surface area is 82.2 Å². The van der Waals surface area contributed by atoms with E-state index in [2.05, 4.69) is 15.9 Å². The second kappa shape index (κ2) is 3.92. The van der Waals surface area contributed by atoms with E-state index in [0.717, 1.165) is 6.08 Å². The van der Waals surface area contributed by atoms with Crippen LogP contribution in [0.15, 0.2) is 26.8 Å². The summed E-state index contributed by atoms with van der Waals surface area (Å²) >= 11 is 3.05. The Morgan fingerprint density at radius 1 is 1.69 bits per heavy atom. The number of halogens is 1. The summed E-state index contributed by atoms with van der Waals surface area (Å²) in [6.45, 7) is 0. The number of carboxylic acid groups (broad SMARTS) is 1. The minimum atomic E-state index is -1.27. The monoisotopic (exact) mass is 241 g/mol. The van der Waals surface area contributed by atoms with Gasteiger partial charge in [0.15, 0.2) is 4.67 Å². The van der Waals surface area contributed by atoms with Crippen LogP contribution in [-0.2, 0) is 4.79 Å². The standard InChI is InChI=1S/C8H4BrNO3/c9-7-2-1-6(13-7)3-5(4-10)8(11)12/h1-3H,(H,11,12). The zero-order valence-corrected chi connectivity index (χ0v) is 7.91. The topological polar surface area (TPSA) is 74.2 Å². The van der Waals surface area contributed by atoms with E-state index in [1.807, 2.05) is 0 Å². The summed E-state index contributed by atoms with van der Waals surface area (Å²) in [6.07, 6.45) is 1.16. The van der Waals surface area contributed by atoms with Crippen LogP contribution in [0.5, 0.6) is 0 Å². The molecular formula is C8H4BrNO3. The highest BCUT2D eigenvalue weighted by Crippen LogP contribution is 2.16. The molecule has 0 fully saturated rings. The molecule has 0 bridgehead atoms. The van der Waals surface area contributed by atoms with E-state index in [0.29, 0.717) is 10.4 Å². The molecule has 1 aromatic rings. The SMILES string of the molecule is N#CC(=Cc1ccc(Br)o1)C(=O)O. The van der Waals surface area contributed by atoms with Gasteiger partial charge in [0.05, 0.1) is 0 Å². The van der Waals surface area contributed by atoms with Crippen LogP contribution in [0, 0.1) is 11.3 Å². The van der Waals surface area contributed by atoms with Crippen LogP contribution in [0.25, 0.3) is 6.08 Å². The van der Waals surface area contributed by atoms with Crippen molar-refractivity contribution < 1.29 is 14.3 Å². The Morgan fingerprint density at radius 2 is 2.38 bits per heavy atom. The fraction of sp³-hybridized carbons (Fsp3) is 0. The van der Waals surface area contributed by atoms with E-state index in [-0.39, 0.29) is 5.57 Å². The first kappa shape index (κ1) is 9.55. The summed E-state index contributed by atoms with van der Waals surface area (Å²) in [5.41, 5.74) is -0.359. The molecule has 66 valence electrons. The molecule has 0 aromatic carbocycles. The number of nitrogens with zero attached hydrogens (tertiary/aromatic N) is 1. The highest BCUT2D eigenvalue weighted by Gasteiger charge is 2.06. The fourth-order valence-electron chi connectivity index (χ4n) is 0.690. The van der Waals surface area contributed by atoms with Gasteiger partial charge >= 0.3 is 5.97 Å². The van der Waals surface area contributed by atoms with Gasteiger partial charge in [-0.25, -0.2) is 4.79 Å². The van der Waals surface area contributed by atoms with Gasteiger partial charge < -0.3 is 9.52 Å². The van der Waals surface area contributed by atoms with Gasteiger partial charge in [0.2, 0.25) is 0 Å². The maximum atomic E-state index is 10.4. The van der Waals surface area contributed by atoms with E-state index < -0.39 is 5.97 Å². The molecule has 1 rings (SSSR count). The fourth-order valence-corrected chi connectivity index (χ4v) is 1.01. The number of aliphatic carboxylic acids is 1. The van der Waals surface area contributed by atoms with E-state index in [1.165, 1.54) is 0 Å². The minimum absolute atomic E-state index is 0.325. The highest BCUT2D eigenvalue weighted by atomic mass is 79.9. The van der Waals surface area contributed by atoms with Crippen molar-refractivity contribution in [3.63, 3.8) is 0 Å². The van der Waals surface area contributed by atoms with Crippen molar-refractivity contribution in [2.75, 3.05) is 0 Å². The number of furan rings is 1. The number of hydrogen-bond acceptors (Lipinski definition) is 3. The Morgan fingerprint density at radius 3 is 2.77 bits per heavy atom. The van der Waals surface area contributed by atoms with Gasteiger partial charge in [-0.1, -0.05) is 0 Å². The number of rotatable bonds is 2. The maximum absolute atomic E-state index is 10.4.